The Bertz CT molecular complexity index is 1060. The summed E-state index contributed by atoms with van der Waals surface area (Å²) in [5.41, 5.74) is 2.55. The molecule has 1 aromatic carbocycles. The zero-order valence-corrected chi connectivity index (χ0v) is 17.6. The van der Waals surface area contributed by atoms with Crippen molar-refractivity contribution >= 4 is 16.3 Å². The Morgan fingerprint density at radius 2 is 2.17 bits per heavy atom. The van der Waals surface area contributed by atoms with Crippen molar-refractivity contribution in [1.82, 2.24) is 24.8 Å². The second-order valence-electron chi connectivity index (χ2n) is 8.47. The van der Waals surface area contributed by atoms with E-state index in [1.807, 2.05) is 0 Å². The van der Waals surface area contributed by atoms with Crippen molar-refractivity contribution in [2.75, 3.05) is 26.2 Å². The molecule has 152 valence electrons. The highest BCUT2D eigenvalue weighted by molar-refractivity contribution is 7.16. The fourth-order valence-corrected chi connectivity index (χ4v) is 5.86. The topological polar surface area (TPSA) is 62.5 Å². The average molecular weight is 410 g/mol. The predicted molar refractivity (Wildman–Crippen MR) is 115 cm³/mol. The molecule has 0 bridgehead atoms. The van der Waals surface area contributed by atoms with Gasteiger partial charge in [-0.1, -0.05) is 48.6 Å². The largest absolute Gasteiger partial charge is 0.316 e. The monoisotopic (exact) mass is 409 g/mol. The van der Waals surface area contributed by atoms with Gasteiger partial charge in [-0.3, -0.25) is 9.69 Å². The standard InChI is InChI=1S/C22H27N5OS/c1-2-19-25-27-20(28)10-18(24-21(27)29-19)13-26-12-17-11-23-14-22(17,15-26)9-8-16-6-4-3-5-7-16/h3-7,10,17,23H,2,8-9,11-15H2,1H3. The van der Waals surface area contributed by atoms with Crippen LogP contribution in [-0.2, 0) is 19.4 Å². The fraction of sp³-hybridized carbons (Fsp3) is 0.500. The third kappa shape index (κ3) is 3.63. The molecule has 4 heterocycles. The molecule has 5 rings (SSSR count). The van der Waals surface area contributed by atoms with E-state index < -0.39 is 0 Å². The van der Waals surface area contributed by atoms with Crippen LogP contribution >= 0.6 is 11.3 Å². The second kappa shape index (κ2) is 7.63. The molecule has 0 radical (unpaired) electrons. The Morgan fingerprint density at radius 1 is 1.31 bits per heavy atom. The van der Waals surface area contributed by atoms with Gasteiger partial charge < -0.3 is 5.32 Å². The summed E-state index contributed by atoms with van der Waals surface area (Å²) in [6.07, 6.45) is 3.15. The summed E-state index contributed by atoms with van der Waals surface area (Å²) in [7, 11) is 0. The Morgan fingerprint density at radius 3 is 3.00 bits per heavy atom. The highest BCUT2D eigenvalue weighted by Gasteiger charge is 2.48. The van der Waals surface area contributed by atoms with E-state index in [2.05, 4.69) is 52.6 Å². The Hall–Kier alpha value is -2.09. The van der Waals surface area contributed by atoms with Crippen LogP contribution in [0.1, 0.15) is 29.6 Å². The number of fused-ring (bicyclic) bond motifs is 2. The van der Waals surface area contributed by atoms with Gasteiger partial charge in [0.15, 0.2) is 0 Å². The normalized spacial score (nSPS) is 24.4. The number of rotatable bonds is 6. The summed E-state index contributed by atoms with van der Waals surface area (Å²) in [6, 6.07) is 12.5. The molecule has 0 aliphatic carbocycles. The summed E-state index contributed by atoms with van der Waals surface area (Å²) >= 11 is 1.52. The van der Waals surface area contributed by atoms with Crippen LogP contribution in [0.2, 0.25) is 0 Å². The SMILES string of the molecule is CCc1nn2c(=O)cc(CN3CC4CNCC4(CCc4ccccc4)C3)nc2s1. The van der Waals surface area contributed by atoms with Gasteiger partial charge >= 0.3 is 0 Å². The maximum Gasteiger partial charge on any atom is 0.275 e. The van der Waals surface area contributed by atoms with Crippen molar-refractivity contribution in [3.63, 3.8) is 0 Å². The van der Waals surface area contributed by atoms with E-state index in [0.29, 0.717) is 16.3 Å². The molecule has 6 nitrogen and oxygen atoms in total. The summed E-state index contributed by atoms with van der Waals surface area (Å²) in [6.45, 7) is 7.12. The van der Waals surface area contributed by atoms with Crippen LogP contribution in [0, 0.1) is 11.3 Å². The minimum atomic E-state index is -0.0687. The maximum absolute atomic E-state index is 12.5. The lowest BCUT2D eigenvalue weighted by atomic mass is 9.76. The van der Waals surface area contributed by atoms with Gasteiger partial charge in [-0.2, -0.15) is 9.61 Å². The van der Waals surface area contributed by atoms with Gasteiger partial charge in [0.25, 0.3) is 5.56 Å². The van der Waals surface area contributed by atoms with E-state index in [0.717, 1.165) is 56.3 Å². The molecular formula is C22H27N5OS. The summed E-state index contributed by atoms with van der Waals surface area (Å²) < 4.78 is 1.44. The number of benzene rings is 1. The Balaban J connectivity index is 1.32. The van der Waals surface area contributed by atoms with Crippen molar-refractivity contribution in [2.24, 2.45) is 11.3 Å². The predicted octanol–water partition coefficient (Wildman–Crippen LogP) is 2.37. The van der Waals surface area contributed by atoms with Gasteiger partial charge in [-0.25, -0.2) is 4.98 Å². The smallest absolute Gasteiger partial charge is 0.275 e. The quantitative estimate of drug-likeness (QED) is 0.677. The molecule has 2 aliphatic heterocycles. The lowest BCUT2D eigenvalue weighted by molar-refractivity contribution is 0.236. The molecule has 2 saturated heterocycles. The van der Waals surface area contributed by atoms with Crippen molar-refractivity contribution in [1.29, 1.82) is 0 Å². The first-order valence-electron chi connectivity index (χ1n) is 10.5. The molecule has 2 fully saturated rings. The number of nitrogens with one attached hydrogen (secondary N) is 1. The number of aryl methyl sites for hydroxylation is 2. The first-order chi connectivity index (χ1) is 14.1. The van der Waals surface area contributed by atoms with Gasteiger partial charge in [0.2, 0.25) is 4.96 Å². The molecule has 2 aromatic heterocycles. The van der Waals surface area contributed by atoms with Crippen molar-refractivity contribution < 1.29 is 0 Å². The first-order valence-corrected chi connectivity index (χ1v) is 11.3. The van der Waals surface area contributed by atoms with E-state index in [1.165, 1.54) is 27.8 Å². The molecule has 0 saturated carbocycles. The van der Waals surface area contributed by atoms with Gasteiger partial charge in [0, 0.05) is 37.7 Å². The van der Waals surface area contributed by atoms with Crippen LogP contribution in [0.5, 0.6) is 0 Å². The van der Waals surface area contributed by atoms with Crippen molar-refractivity contribution in [2.45, 2.75) is 32.7 Å². The number of hydrogen-bond acceptors (Lipinski definition) is 6. The average Bonchev–Trinajstić information content (AvgIpc) is 3.39. The molecule has 3 aromatic rings. The number of nitrogens with zero attached hydrogens (tertiary/aromatic N) is 4. The lowest BCUT2D eigenvalue weighted by Gasteiger charge is -2.28. The molecular weight excluding hydrogens is 382 g/mol. The van der Waals surface area contributed by atoms with Gasteiger partial charge in [0.1, 0.15) is 5.01 Å². The minimum absolute atomic E-state index is 0.0687. The zero-order valence-electron chi connectivity index (χ0n) is 16.8. The van der Waals surface area contributed by atoms with Gasteiger partial charge in [-0.15, -0.1) is 0 Å². The Labute approximate surface area is 174 Å². The molecule has 2 unspecified atom stereocenters. The Kier molecular flexibility index (Phi) is 4.97. The van der Waals surface area contributed by atoms with E-state index >= 15 is 0 Å². The van der Waals surface area contributed by atoms with Crippen molar-refractivity contribution in [3.8, 4) is 0 Å². The van der Waals surface area contributed by atoms with Gasteiger partial charge in [0.05, 0.1) is 5.69 Å². The van der Waals surface area contributed by atoms with Gasteiger partial charge in [-0.05, 0) is 37.3 Å². The third-order valence-electron chi connectivity index (χ3n) is 6.53. The summed E-state index contributed by atoms with van der Waals surface area (Å²) in [5, 5.41) is 8.93. The number of hydrogen-bond donors (Lipinski definition) is 1. The first kappa shape index (κ1) is 18.9. The maximum atomic E-state index is 12.5. The molecule has 29 heavy (non-hydrogen) atoms. The third-order valence-corrected chi connectivity index (χ3v) is 7.59. The second-order valence-corrected chi connectivity index (χ2v) is 9.52. The summed E-state index contributed by atoms with van der Waals surface area (Å²) in [4.78, 5) is 20.4. The van der Waals surface area contributed by atoms with Crippen LogP contribution in [-0.4, -0.2) is 45.7 Å². The van der Waals surface area contributed by atoms with Crippen molar-refractivity contribution in [3.05, 3.63) is 63.0 Å². The van der Waals surface area contributed by atoms with Crippen LogP contribution in [0.15, 0.2) is 41.2 Å². The highest BCUT2D eigenvalue weighted by Crippen LogP contribution is 2.43. The lowest BCUT2D eigenvalue weighted by Crippen LogP contribution is -2.33. The van der Waals surface area contributed by atoms with E-state index in [9.17, 15) is 4.79 Å². The van der Waals surface area contributed by atoms with E-state index in [4.69, 9.17) is 4.98 Å². The molecule has 7 heteroatoms. The number of aromatic nitrogens is 3. The molecule has 0 spiro atoms. The van der Waals surface area contributed by atoms with Crippen LogP contribution in [0.25, 0.3) is 4.96 Å². The number of likely N-dealkylation sites (tertiary alicyclic amines) is 1. The fourth-order valence-electron chi connectivity index (χ4n) is 5.00. The summed E-state index contributed by atoms with van der Waals surface area (Å²) in [5.74, 6) is 0.672. The molecule has 0 amide bonds. The minimum Gasteiger partial charge on any atom is -0.316 e. The molecule has 1 N–H and O–H groups in total. The van der Waals surface area contributed by atoms with E-state index in [-0.39, 0.29) is 5.56 Å². The van der Waals surface area contributed by atoms with Crippen LogP contribution < -0.4 is 10.9 Å². The zero-order chi connectivity index (χ0) is 19.8. The molecule has 2 atom stereocenters. The molecule has 2 aliphatic rings. The van der Waals surface area contributed by atoms with E-state index in [1.54, 1.807) is 6.07 Å². The van der Waals surface area contributed by atoms with Crippen LogP contribution in [0.3, 0.4) is 0 Å². The highest BCUT2D eigenvalue weighted by atomic mass is 32.1. The van der Waals surface area contributed by atoms with Crippen LogP contribution in [0.4, 0.5) is 0 Å².